The van der Waals surface area contributed by atoms with Crippen molar-refractivity contribution < 1.29 is 31.7 Å². The van der Waals surface area contributed by atoms with E-state index >= 15 is 0 Å². The predicted molar refractivity (Wildman–Crippen MR) is 180 cm³/mol. The number of para-hydroxylation sites is 1. The third kappa shape index (κ3) is 7.79. The van der Waals surface area contributed by atoms with Crippen LogP contribution >= 0.6 is 0 Å². The number of hydrogen-bond acceptors (Lipinski definition) is 7. The molecule has 0 bridgehead atoms. The maximum absolute atomic E-state index is 14.2. The van der Waals surface area contributed by atoms with E-state index in [0.717, 1.165) is 44.9 Å². The van der Waals surface area contributed by atoms with Gasteiger partial charge in [-0.15, -0.1) is 0 Å². The average molecular weight is 645 g/mol. The first-order valence-electron chi connectivity index (χ1n) is 16.0. The summed E-state index contributed by atoms with van der Waals surface area (Å²) in [6.45, 7) is 1.67. The van der Waals surface area contributed by atoms with E-state index in [1.54, 1.807) is 31.2 Å². The number of carbonyl (C=O) groups is 2. The number of carbonyl (C=O) groups excluding carboxylic acids is 2. The van der Waals surface area contributed by atoms with Crippen molar-refractivity contribution in [3.63, 3.8) is 0 Å². The third-order valence-electron chi connectivity index (χ3n) is 8.66. The minimum atomic E-state index is -4.15. The molecule has 0 atom stereocenters. The molecule has 244 valence electrons. The molecule has 0 aromatic heterocycles. The van der Waals surface area contributed by atoms with Crippen molar-refractivity contribution in [2.24, 2.45) is 0 Å². The van der Waals surface area contributed by atoms with Crippen LogP contribution in [0.4, 0.5) is 0 Å². The van der Waals surface area contributed by atoms with E-state index in [1.165, 1.54) is 14.2 Å². The summed E-state index contributed by atoms with van der Waals surface area (Å²) in [6, 6.07) is 27.4. The van der Waals surface area contributed by atoms with Crippen molar-refractivity contribution in [1.82, 2.24) is 0 Å². The molecule has 3 aromatic carbocycles. The second kappa shape index (κ2) is 16.4. The molecule has 3 aromatic rings. The number of ether oxygens (including phenoxy) is 2. The van der Waals surface area contributed by atoms with Gasteiger partial charge >= 0.3 is 10.1 Å². The lowest BCUT2D eigenvalue weighted by atomic mass is 9.85. The highest BCUT2D eigenvalue weighted by molar-refractivity contribution is 7.88. The number of unbranched alkanes of at least 4 members (excludes halogenated alkanes) is 7. The fourth-order valence-corrected chi connectivity index (χ4v) is 7.94. The van der Waals surface area contributed by atoms with Crippen LogP contribution in [0.2, 0.25) is 0 Å². The van der Waals surface area contributed by atoms with Crippen LogP contribution in [0.15, 0.2) is 114 Å². The van der Waals surface area contributed by atoms with Crippen LogP contribution in [0.25, 0.3) is 0 Å². The van der Waals surface area contributed by atoms with E-state index < -0.39 is 14.9 Å². The van der Waals surface area contributed by atoms with E-state index in [9.17, 15) is 18.0 Å². The van der Waals surface area contributed by atoms with Gasteiger partial charge in [-0.1, -0.05) is 124 Å². The second-order valence-corrected chi connectivity index (χ2v) is 13.3. The Kier molecular flexibility index (Phi) is 12.4. The molecular weight excluding hydrogens is 600 g/mol. The van der Waals surface area contributed by atoms with Gasteiger partial charge in [0.25, 0.3) is 0 Å². The van der Waals surface area contributed by atoms with E-state index in [0.29, 0.717) is 47.3 Å². The summed E-state index contributed by atoms with van der Waals surface area (Å²) >= 11 is 0. The molecule has 46 heavy (non-hydrogen) atoms. The van der Waals surface area contributed by atoms with Gasteiger partial charge in [0, 0.05) is 11.1 Å². The van der Waals surface area contributed by atoms with Crippen LogP contribution in [0.1, 0.15) is 82.3 Å². The zero-order valence-electron chi connectivity index (χ0n) is 27.0. The Balaban J connectivity index is 1.33. The zero-order valence-corrected chi connectivity index (χ0v) is 27.8. The molecule has 0 fully saturated rings. The van der Waals surface area contributed by atoms with Gasteiger partial charge in [-0.3, -0.25) is 9.59 Å². The van der Waals surface area contributed by atoms with Crippen molar-refractivity contribution >= 4 is 21.7 Å². The molecular formula is C38H44O7S. The largest absolute Gasteiger partial charge is 0.489 e. The zero-order chi connectivity index (χ0) is 33.0. The molecule has 8 heteroatoms. The van der Waals surface area contributed by atoms with Crippen molar-refractivity contribution in [2.75, 3.05) is 14.2 Å². The summed E-state index contributed by atoms with van der Waals surface area (Å²) in [6.07, 6.45) is 8.34. The Bertz CT molecular complexity index is 1590. The third-order valence-corrected chi connectivity index (χ3v) is 10.6. The fourth-order valence-electron chi connectivity index (χ4n) is 6.19. The van der Waals surface area contributed by atoms with Crippen LogP contribution in [0.5, 0.6) is 5.75 Å². The van der Waals surface area contributed by atoms with Crippen LogP contribution in [-0.4, -0.2) is 34.2 Å². The molecule has 0 radical (unpaired) electrons. The number of Topliss-reactive ketones (excluding diaryl/α,β-unsaturated/α-hetero) is 2. The van der Waals surface area contributed by atoms with Gasteiger partial charge in [0.15, 0.2) is 4.75 Å². The lowest BCUT2D eigenvalue weighted by Gasteiger charge is -2.34. The maximum Gasteiger partial charge on any atom is 0.323 e. The highest BCUT2D eigenvalue weighted by Crippen LogP contribution is 2.43. The molecule has 0 saturated carbocycles. The Morgan fingerprint density at radius 2 is 1.02 bits per heavy atom. The Labute approximate surface area is 273 Å². The topological polar surface area (TPSA) is 96.0 Å². The molecule has 1 aliphatic carbocycles. The smallest absolute Gasteiger partial charge is 0.323 e. The predicted octanol–water partition coefficient (Wildman–Crippen LogP) is 8.21. The molecule has 7 nitrogen and oxygen atoms in total. The molecule has 1 aliphatic rings. The highest BCUT2D eigenvalue weighted by atomic mass is 32.2. The minimum absolute atomic E-state index is 0.0175. The number of benzene rings is 3. The summed E-state index contributed by atoms with van der Waals surface area (Å²) in [7, 11) is -1.41. The van der Waals surface area contributed by atoms with E-state index in [4.69, 9.17) is 13.7 Å². The Morgan fingerprint density at radius 1 is 0.587 bits per heavy atom. The van der Waals surface area contributed by atoms with Crippen LogP contribution in [0, 0.1) is 0 Å². The first-order valence-corrected chi connectivity index (χ1v) is 17.4. The van der Waals surface area contributed by atoms with Crippen LogP contribution in [-0.2, 0) is 33.9 Å². The molecule has 4 rings (SSSR count). The Hall–Kier alpha value is -4.17. The summed E-state index contributed by atoms with van der Waals surface area (Å²) in [5.41, 5.74) is 2.31. The number of ketones is 2. The van der Waals surface area contributed by atoms with E-state index in [-0.39, 0.29) is 23.1 Å². The maximum atomic E-state index is 14.2. The summed E-state index contributed by atoms with van der Waals surface area (Å²) in [4.78, 5) is 25.4. The Morgan fingerprint density at radius 3 is 1.52 bits per heavy atom. The molecule has 0 saturated heterocycles. The summed E-state index contributed by atoms with van der Waals surface area (Å²) in [5, 5.41) is 0. The average Bonchev–Trinajstić information content (AvgIpc) is 3.07. The van der Waals surface area contributed by atoms with Crippen LogP contribution < -0.4 is 4.18 Å². The molecule has 0 amide bonds. The lowest BCUT2D eigenvalue weighted by molar-refractivity contribution is -0.121. The number of allylic oxidation sites excluding steroid dienone is 2. The SMILES string of the molecule is COC1=C(OC)C(=O)C(CCCCCCCCCCC(c2ccccc2)(c2ccccc2)S(=O)(=O)Oc2ccccc2)=C(C)C1=O. The lowest BCUT2D eigenvalue weighted by Crippen LogP contribution is -2.40. The normalized spacial score (nSPS) is 14.1. The van der Waals surface area contributed by atoms with Crippen molar-refractivity contribution in [2.45, 2.75) is 75.9 Å². The van der Waals surface area contributed by atoms with Crippen molar-refractivity contribution in [3.8, 4) is 5.75 Å². The summed E-state index contributed by atoms with van der Waals surface area (Å²) in [5.74, 6) is -0.317. The molecule has 0 N–H and O–H groups in total. The van der Waals surface area contributed by atoms with Gasteiger partial charge in [0.2, 0.25) is 23.1 Å². The molecule has 0 spiro atoms. The monoisotopic (exact) mass is 644 g/mol. The van der Waals surface area contributed by atoms with Crippen molar-refractivity contribution in [3.05, 3.63) is 125 Å². The van der Waals surface area contributed by atoms with Crippen LogP contribution in [0.3, 0.4) is 0 Å². The quantitative estimate of drug-likeness (QED) is 0.0782. The molecule has 0 unspecified atom stereocenters. The first kappa shape index (κ1) is 34.7. The van der Waals surface area contributed by atoms with Gasteiger partial charge in [0.1, 0.15) is 5.75 Å². The van der Waals surface area contributed by atoms with E-state index in [1.807, 2.05) is 66.7 Å². The number of methoxy groups -OCH3 is 2. The van der Waals surface area contributed by atoms with E-state index in [2.05, 4.69) is 0 Å². The minimum Gasteiger partial charge on any atom is -0.489 e. The van der Waals surface area contributed by atoms with Gasteiger partial charge in [-0.05, 0) is 49.4 Å². The molecule has 0 heterocycles. The fraction of sp³-hybridized carbons (Fsp3) is 0.368. The first-order chi connectivity index (χ1) is 22.3. The van der Waals surface area contributed by atoms with Gasteiger partial charge < -0.3 is 13.7 Å². The standard InChI is InChI=1S/C38H44O7S/c1-29-33(35(40)37(44-3)36(43-2)34(29)39)27-19-8-6-4-5-7-9-20-28-38(30-21-13-10-14-22-30,31-23-15-11-16-24-31)46(41,42)45-32-25-17-12-18-26-32/h10-18,21-26H,4-9,19-20,27-28H2,1-3H3. The number of hydrogen-bond donors (Lipinski definition) is 0. The van der Waals surface area contributed by atoms with Crippen molar-refractivity contribution in [1.29, 1.82) is 0 Å². The van der Waals surface area contributed by atoms with Gasteiger partial charge in [0.05, 0.1) is 14.2 Å². The van der Waals surface area contributed by atoms with Gasteiger partial charge in [-0.25, -0.2) is 0 Å². The second-order valence-electron chi connectivity index (χ2n) is 11.6. The summed E-state index contributed by atoms with van der Waals surface area (Å²) < 4.78 is 43.2. The molecule has 0 aliphatic heterocycles. The van der Waals surface area contributed by atoms with Gasteiger partial charge in [-0.2, -0.15) is 8.42 Å². The number of rotatable bonds is 18. The highest BCUT2D eigenvalue weighted by Gasteiger charge is 2.48.